The first-order valence-corrected chi connectivity index (χ1v) is 11.6. The lowest BCUT2D eigenvalue weighted by Gasteiger charge is -2.29. The van der Waals surface area contributed by atoms with Gasteiger partial charge < -0.3 is 22.6 Å². The summed E-state index contributed by atoms with van der Waals surface area (Å²) in [5.74, 6) is 0. The van der Waals surface area contributed by atoms with Crippen molar-refractivity contribution in [2.45, 2.75) is 116 Å². The van der Waals surface area contributed by atoms with Crippen LogP contribution in [0.2, 0.25) is 0 Å². The van der Waals surface area contributed by atoms with Crippen molar-refractivity contribution in [3.63, 3.8) is 0 Å². The van der Waals surface area contributed by atoms with E-state index in [0.29, 0.717) is 0 Å². The summed E-state index contributed by atoms with van der Waals surface area (Å²) in [5, 5.41) is 0. The first-order chi connectivity index (χ1) is 12.1. The highest BCUT2D eigenvalue weighted by Gasteiger charge is 2.12. The van der Waals surface area contributed by atoms with Crippen molar-refractivity contribution in [1.82, 2.24) is 0 Å². The minimum atomic E-state index is 0. The van der Waals surface area contributed by atoms with Crippen LogP contribution in [-0.4, -0.2) is 38.2 Å². The van der Waals surface area contributed by atoms with Crippen LogP contribution in [0.3, 0.4) is 0 Å². The first-order valence-electron chi connectivity index (χ1n) is 11.6. The van der Waals surface area contributed by atoms with Gasteiger partial charge in [-0.3, -0.25) is 0 Å². The fraction of sp³-hybridized carbons (Fsp3) is 1.00. The van der Waals surface area contributed by atoms with Gasteiger partial charge in [-0.1, -0.05) is 96.8 Å². The van der Waals surface area contributed by atoms with Crippen molar-refractivity contribution in [2.75, 3.05) is 33.7 Å². The predicted octanol–water partition coefficient (Wildman–Crippen LogP) is 3.68. The van der Waals surface area contributed by atoms with Crippen LogP contribution < -0.4 is 18.1 Å². The monoisotopic (exact) mass is 390 g/mol. The Kier molecular flexibility index (Phi) is 23.5. The molecule has 0 spiro atoms. The first kappa shape index (κ1) is 28.4. The largest absolute Gasteiger partial charge is 1.00 e. The van der Waals surface area contributed by atoms with Gasteiger partial charge in [0.05, 0.1) is 27.2 Å². The zero-order valence-corrected chi connectivity index (χ0v) is 19.3. The Labute approximate surface area is 172 Å². The Morgan fingerprint density at radius 1 is 0.500 bits per heavy atom. The summed E-state index contributed by atoms with van der Waals surface area (Å²) in [4.78, 5) is 0. The molecular weight excluding hydrogens is 340 g/mol. The molecule has 0 aromatic carbocycles. The summed E-state index contributed by atoms with van der Waals surface area (Å²) in [6.07, 6.45) is 24.4. The molecule has 0 bridgehead atoms. The molecule has 0 saturated heterocycles. The molecule has 0 aliphatic heterocycles. The van der Waals surface area contributed by atoms with Gasteiger partial charge in [0.1, 0.15) is 0 Å². The van der Waals surface area contributed by atoms with Crippen LogP contribution in [0.5, 0.6) is 0 Å². The summed E-state index contributed by atoms with van der Waals surface area (Å²) >= 11 is 0. The number of nitrogens with zero attached hydrogens (tertiary/aromatic N) is 1. The number of quaternary nitrogens is 1. The molecule has 2 nitrogen and oxygen atoms in total. The molecule has 0 aliphatic rings. The molecule has 3 heteroatoms. The van der Waals surface area contributed by atoms with Crippen LogP contribution in [-0.2, 0) is 0 Å². The third-order valence-corrected chi connectivity index (χ3v) is 5.58. The minimum absolute atomic E-state index is 0. The van der Waals surface area contributed by atoms with Crippen LogP contribution in [0, 0.1) is 0 Å². The lowest BCUT2D eigenvalue weighted by Crippen LogP contribution is -3.00. The van der Waals surface area contributed by atoms with Gasteiger partial charge in [0.2, 0.25) is 0 Å². The van der Waals surface area contributed by atoms with E-state index in [4.69, 9.17) is 5.73 Å². The molecule has 0 unspecified atom stereocenters. The standard InChI is InChI=1S/C23H51N2.ClH/c1-4-5-6-7-8-9-10-11-12-13-14-15-16-17-18-19-22-25(2,3)23-20-21-24;/h4-24H2,1-3H3;1H/q+1;/p-1. The second-order valence-corrected chi connectivity index (χ2v) is 8.83. The van der Waals surface area contributed by atoms with Gasteiger partial charge in [-0.25, -0.2) is 0 Å². The van der Waals surface area contributed by atoms with Crippen molar-refractivity contribution < 1.29 is 16.9 Å². The molecule has 0 atom stereocenters. The zero-order chi connectivity index (χ0) is 18.6. The van der Waals surface area contributed by atoms with E-state index in [1.807, 2.05) is 0 Å². The fourth-order valence-corrected chi connectivity index (χ4v) is 3.72. The maximum absolute atomic E-state index is 5.62. The summed E-state index contributed by atoms with van der Waals surface area (Å²) in [7, 11) is 4.70. The summed E-state index contributed by atoms with van der Waals surface area (Å²) in [6, 6.07) is 0. The quantitative estimate of drug-likeness (QED) is 0.249. The normalized spacial score (nSPS) is 11.5. The van der Waals surface area contributed by atoms with E-state index in [0.717, 1.165) is 17.4 Å². The number of hydrogen-bond acceptors (Lipinski definition) is 1. The van der Waals surface area contributed by atoms with Crippen molar-refractivity contribution in [3.8, 4) is 0 Å². The average molecular weight is 391 g/mol. The van der Waals surface area contributed by atoms with E-state index in [1.54, 1.807) is 0 Å². The highest BCUT2D eigenvalue weighted by molar-refractivity contribution is 4.50. The predicted molar refractivity (Wildman–Crippen MR) is 115 cm³/mol. The van der Waals surface area contributed by atoms with Crippen LogP contribution in [0.4, 0.5) is 0 Å². The molecule has 2 N–H and O–H groups in total. The Hall–Kier alpha value is 0.210. The van der Waals surface area contributed by atoms with Gasteiger partial charge in [-0.15, -0.1) is 0 Å². The molecule has 0 saturated carbocycles. The van der Waals surface area contributed by atoms with Gasteiger partial charge in [-0.2, -0.15) is 0 Å². The Morgan fingerprint density at radius 2 is 0.808 bits per heavy atom. The number of rotatable bonds is 20. The van der Waals surface area contributed by atoms with Crippen LogP contribution in [0.1, 0.15) is 116 Å². The van der Waals surface area contributed by atoms with Crippen molar-refractivity contribution >= 4 is 0 Å². The lowest BCUT2D eigenvalue weighted by atomic mass is 10.0. The maximum atomic E-state index is 5.62. The molecule has 0 aliphatic carbocycles. The smallest absolute Gasteiger partial charge is 0.0794 e. The molecular formula is C23H51ClN2. The van der Waals surface area contributed by atoms with E-state index in [2.05, 4.69) is 21.0 Å². The second-order valence-electron chi connectivity index (χ2n) is 8.83. The van der Waals surface area contributed by atoms with Gasteiger partial charge in [0, 0.05) is 6.42 Å². The molecule has 0 radical (unpaired) electrons. The molecule has 0 fully saturated rings. The zero-order valence-electron chi connectivity index (χ0n) is 18.5. The van der Waals surface area contributed by atoms with Crippen molar-refractivity contribution in [3.05, 3.63) is 0 Å². The summed E-state index contributed by atoms with van der Waals surface area (Å²) < 4.78 is 1.15. The van der Waals surface area contributed by atoms with Crippen molar-refractivity contribution in [2.24, 2.45) is 5.73 Å². The Balaban J connectivity index is 0. The molecule has 0 aromatic rings. The second kappa shape index (κ2) is 21.5. The molecule has 0 aromatic heterocycles. The highest BCUT2D eigenvalue weighted by Crippen LogP contribution is 2.14. The van der Waals surface area contributed by atoms with E-state index < -0.39 is 0 Å². The number of unbranched alkanes of at least 4 members (excludes halogenated alkanes) is 15. The van der Waals surface area contributed by atoms with E-state index in [9.17, 15) is 0 Å². The van der Waals surface area contributed by atoms with Gasteiger partial charge in [-0.05, 0) is 19.4 Å². The SMILES string of the molecule is CCCCCCCCCCCCCCCCCC[N+](C)(C)CCCN.[Cl-]. The Bertz CT molecular complexity index is 257. The minimum Gasteiger partial charge on any atom is -1.00 e. The molecule has 0 heterocycles. The number of nitrogens with two attached hydrogens (primary N) is 1. The number of hydrogen-bond donors (Lipinski definition) is 1. The van der Waals surface area contributed by atoms with Gasteiger partial charge >= 0.3 is 0 Å². The lowest BCUT2D eigenvalue weighted by molar-refractivity contribution is -0.890. The molecule has 26 heavy (non-hydrogen) atoms. The third kappa shape index (κ3) is 22.3. The summed E-state index contributed by atoms with van der Waals surface area (Å²) in [5.41, 5.74) is 5.62. The van der Waals surface area contributed by atoms with Crippen LogP contribution >= 0.6 is 0 Å². The van der Waals surface area contributed by atoms with E-state index in [-0.39, 0.29) is 12.4 Å². The molecule has 160 valence electrons. The third-order valence-electron chi connectivity index (χ3n) is 5.58. The Morgan fingerprint density at radius 3 is 1.15 bits per heavy atom. The maximum Gasteiger partial charge on any atom is 0.0794 e. The van der Waals surface area contributed by atoms with Crippen molar-refractivity contribution in [1.29, 1.82) is 0 Å². The van der Waals surface area contributed by atoms with Crippen LogP contribution in [0.25, 0.3) is 0 Å². The van der Waals surface area contributed by atoms with Gasteiger partial charge in [0.25, 0.3) is 0 Å². The fourth-order valence-electron chi connectivity index (χ4n) is 3.72. The van der Waals surface area contributed by atoms with Crippen LogP contribution in [0.15, 0.2) is 0 Å². The molecule has 0 amide bonds. The number of halogens is 1. The molecule has 0 rings (SSSR count). The summed E-state index contributed by atoms with van der Waals surface area (Å²) in [6.45, 7) is 5.68. The van der Waals surface area contributed by atoms with Gasteiger partial charge in [0.15, 0.2) is 0 Å². The van der Waals surface area contributed by atoms with E-state index in [1.165, 1.54) is 116 Å². The highest BCUT2D eigenvalue weighted by atomic mass is 35.5. The average Bonchev–Trinajstić information content (AvgIpc) is 2.59. The topological polar surface area (TPSA) is 26.0 Å². The van der Waals surface area contributed by atoms with E-state index >= 15 is 0 Å².